The molecule has 0 spiro atoms. The van der Waals surface area contributed by atoms with E-state index in [2.05, 4.69) is 0 Å². The first-order valence-corrected chi connectivity index (χ1v) is 6.66. The largest absolute Gasteiger partial charge is 0.504 e. The average Bonchev–Trinajstić information content (AvgIpc) is 2.34. The van der Waals surface area contributed by atoms with Crippen LogP contribution >= 0.6 is 0 Å². The molecule has 2 rings (SSSR count). The zero-order valence-electron chi connectivity index (χ0n) is 10.9. The first-order valence-electron chi connectivity index (χ1n) is 6.66. The predicted octanol–water partition coefficient (Wildman–Crippen LogP) is 1.44. The Bertz CT molecular complexity index is 458. The molecule has 0 radical (unpaired) electrons. The number of benzene rings is 1. The Kier molecular flexibility index (Phi) is 4.27. The van der Waals surface area contributed by atoms with Crippen LogP contribution in [0.4, 0.5) is 0 Å². The van der Waals surface area contributed by atoms with E-state index in [4.69, 9.17) is 5.73 Å². The van der Waals surface area contributed by atoms with Crippen LogP contribution in [0.25, 0.3) is 0 Å². The summed E-state index contributed by atoms with van der Waals surface area (Å²) in [7, 11) is 0. The van der Waals surface area contributed by atoms with E-state index in [0.29, 0.717) is 18.7 Å². The van der Waals surface area contributed by atoms with E-state index < -0.39 is 0 Å². The van der Waals surface area contributed by atoms with Gasteiger partial charge < -0.3 is 20.8 Å². The van der Waals surface area contributed by atoms with Crippen LogP contribution in [0.15, 0.2) is 18.2 Å². The topological polar surface area (TPSA) is 86.8 Å². The van der Waals surface area contributed by atoms with E-state index in [1.54, 1.807) is 0 Å². The Balaban J connectivity index is 2.15. The number of phenols is 2. The van der Waals surface area contributed by atoms with Gasteiger partial charge in [0.1, 0.15) is 0 Å². The molecule has 0 atom stereocenters. The van der Waals surface area contributed by atoms with Crippen molar-refractivity contribution in [1.82, 2.24) is 4.90 Å². The van der Waals surface area contributed by atoms with Crippen LogP contribution in [-0.2, 0) is 0 Å². The maximum absolute atomic E-state index is 12.4. The van der Waals surface area contributed by atoms with Crippen LogP contribution < -0.4 is 5.73 Å². The van der Waals surface area contributed by atoms with Gasteiger partial charge in [-0.3, -0.25) is 4.79 Å². The summed E-state index contributed by atoms with van der Waals surface area (Å²) in [6, 6.07) is 4.47. The molecule has 0 bridgehead atoms. The number of hydrogen-bond acceptors (Lipinski definition) is 4. The second-order valence-corrected chi connectivity index (χ2v) is 4.93. The number of amides is 1. The van der Waals surface area contributed by atoms with Crippen molar-refractivity contribution in [2.45, 2.75) is 31.7 Å². The molecule has 0 saturated heterocycles. The van der Waals surface area contributed by atoms with Crippen molar-refractivity contribution in [3.63, 3.8) is 0 Å². The molecular weight excluding hydrogens is 244 g/mol. The van der Waals surface area contributed by atoms with Gasteiger partial charge in [-0.25, -0.2) is 0 Å². The van der Waals surface area contributed by atoms with E-state index in [1.807, 2.05) is 4.90 Å². The average molecular weight is 264 g/mol. The molecular formula is C14H20N2O3. The van der Waals surface area contributed by atoms with E-state index in [-0.39, 0.29) is 23.4 Å². The molecule has 1 aliphatic rings. The predicted molar refractivity (Wildman–Crippen MR) is 72.1 cm³/mol. The lowest BCUT2D eigenvalue weighted by atomic mass is 9.90. The van der Waals surface area contributed by atoms with Gasteiger partial charge in [0.05, 0.1) is 0 Å². The fourth-order valence-electron chi connectivity index (χ4n) is 2.23. The molecule has 0 heterocycles. The molecule has 5 heteroatoms. The lowest BCUT2D eigenvalue weighted by molar-refractivity contribution is 0.0578. The van der Waals surface area contributed by atoms with Gasteiger partial charge in [-0.2, -0.15) is 0 Å². The number of nitrogens with zero attached hydrogens (tertiary/aromatic N) is 1. The Morgan fingerprint density at radius 3 is 2.58 bits per heavy atom. The Labute approximate surface area is 112 Å². The molecule has 5 nitrogen and oxygen atoms in total. The molecule has 1 aliphatic carbocycles. The number of aromatic hydroxyl groups is 2. The molecule has 0 aromatic heterocycles. The van der Waals surface area contributed by atoms with Crippen LogP contribution in [0.5, 0.6) is 11.5 Å². The van der Waals surface area contributed by atoms with Gasteiger partial charge in [-0.15, -0.1) is 0 Å². The maximum atomic E-state index is 12.4. The quantitative estimate of drug-likeness (QED) is 0.702. The maximum Gasteiger partial charge on any atom is 0.254 e. The van der Waals surface area contributed by atoms with Gasteiger partial charge in [0.2, 0.25) is 0 Å². The van der Waals surface area contributed by atoms with Gasteiger partial charge in [0.25, 0.3) is 5.91 Å². The minimum absolute atomic E-state index is 0.103. The lowest BCUT2D eigenvalue weighted by Crippen LogP contribution is -2.45. The summed E-state index contributed by atoms with van der Waals surface area (Å²) in [5.41, 5.74) is 5.91. The van der Waals surface area contributed by atoms with Crippen molar-refractivity contribution in [3.05, 3.63) is 23.8 Å². The fraction of sp³-hybridized carbons (Fsp3) is 0.500. The molecule has 1 aromatic carbocycles. The third-order valence-electron chi connectivity index (χ3n) is 3.60. The summed E-state index contributed by atoms with van der Waals surface area (Å²) >= 11 is 0. The molecule has 19 heavy (non-hydrogen) atoms. The molecule has 104 valence electrons. The Morgan fingerprint density at radius 1 is 1.32 bits per heavy atom. The molecule has 1 aromatic rings. The minimum Gasteiger partial charge on any atom is -0.504 e. The molecule has 0 aliphatic heterocycles. The molecule has 4 N–H and O–H groups in total. The van der Waals surface area contributed by atoms with Crippen LogP contribution in [-0.4, -0.2) is 40.2 Å². The van der Waals surface area contributed by atoms with Crippen LogP contribution in [0.2, 0.25) is 0 Å². The normalized spacial score (nSPS) is 15.0. The third-order valence-corrected chi connectivity index (χ3v) is 3.60. The lowest BCUT2D eigenvalue weighted by Gasteiger charge is -2.37. The summed E-state index contributed by atoms with van der Waals surface area (Å²) < 4.78 is 0. The van der Waals surface area contributed by atoms with E-state index in [1.165, 1.54) is 18.2 Å². The number of carbonyl (C=O) groups excluding carboxylic acids is 1. The van der Waals surface area contributed by atoms with Gasteiger partial charge >= 0.3 is 0 Å². The van der Waals surface area contributed by atoms with Crippen molar-refractivity contribution in [1.29, 1.82) is 0 Å². The van der Waals surface area contributed by atoms with Crippen molar-refractivity contribution < 1.29 is 15.0 Å². The summed E-state index contributed by atoms with van der Waals surface area (Å²) in [6.07, 6.45) is 3.98. The van der Waals surface area contributed by atoms with E-state index >= 15 is 0 Å². The van der Waals surface area contributed by atoms with Crippen LogP contribution in [0.1, 0.15) is 36.0 Å². The number of carbonyl (C=O) groups is 1. The van der Waals surface area contributed by atoms with Gasteiger partial charge in [-0.1, -0.05) is 0 Å². The highest BCUT2D eigenvalue weighted by atomic mass is 16.3. The monoisotopic (exact) mass is 264 g/mol. The van der Waals surface area contributed by atoms with Gasteiger partial charge in [0.15, 0.2) is 11.5 Å². The van der Waals surface area contributed by atoms with Crippen molar-refractivity contribution in [2.75, 3.05) is 13.1 Å². The highest BCUT2D eigenvalue weighted by Crippen LogP contribution is 2.29. The number of rotatable bonds is 5. The summed E-state index contributed by atoms with van der Waals surface area (Å²) in [6.45, 7) is 1.19. The van der Waals surface area contributed by atoms with Crippen LogP contribution in [0.3, 0.4) is 0 Å². The standard InChI is InChI=1S/C14H20N2O3/c15-7-2-8-16(11-3-1-4-11)14(19)10-5-6-12(17)13(18)9-10/h5-6,9,11,17-18H,1-4,7-8,15H2. The zero-order valence-corrected chi connectivity index (χ0v) is 10.9. The number of nitrogens with two attached hydrogens (primary N) is 1. The smallest absolute Gasteiger partial charge is 0.254 e. The molecule has 1 amide bonds. The van der Waals surface area contributed by atoms with Crippen molar-refractivity contribution >= 4 is 5.91 Å². The first-order chi connectivity index (χ1) is 9.13. The Hall–Kier alpha value is -1.75. The SMILES string of the molecule is NCCCN(C(=O)c1ccc(O)c(O)c1)C1CCC1. The van der Waals surface area contributed by atoms with E-state index in [0.717, 1.165) is 25.7 Å². The highest BCUT2D eigenvalue weighted by Gasteiger charge is 2.29. The number of hydrogen-bond donors (Lipinski definition) is 3. The third kappa shape index (κ3) is 2.98. The molecule has 1 saturated carbocycles. The van der Waals surface area contributed by atoms with Gasteiger partial charge in [0, 0.05) is 18.2 Å². The van der Waals surface area contributed by atoms with Crippen molar-refractivity contribution in [2.24, 2.45) is 5.73 Å². The molecule has 1 fully saturated rings. The minimum atomic E-state index is -0.266. The zero-order chi connectivity index (χ0) is 13.8. The van der Waals surface area contributed by atoms with Gasteiger partial charge in [-0.05, 0) is 50.4 Å². The summed E-state index contributed by atoms with van der Waals surface area (Å²) in [5.74, 6) is -0.583. The summed E-state index contributed by atoms with van der Waals surface area (Å²) in [4.78, 5) is 14.3. The Morgan fingerprint density at radius 2 is 2.05 bits per heavy atom. The highest BCUT2D eigenvalue weighted by molar-refractivity contribution is 5.95. The van der Waals surface area contributed by atoms with E-state index in [9.17, 15) is 15.0 Å². The fourth-order valence-corrected chi connectivity index (χ4v) is 2.23. The van der Waals surface area contributed by atoms with Crippen LogP contribution in [0, 0.1) is 0 Å². The van der Waals surface area contributed by atoms with Crippen molar-refractivity contribution in [3.8, 4) is 11.5 Å². The second kappa shape index (κ2) is 5.93. The second-order valence-electron chi connectivity index (χ2n) is 4.93. The molecule has 0 unspecified atom stereocenters. The number of phenolic OH excluding ortho intramolecular Hbond substituents is 2. The summed E-state index contributed by atoms with van der Waals surface area (Å²) in [5, 5.41) is 18.8. The first kappa shape index (κ1) is 13.7.